The molecule has 2 atom stereocenters. The molecule has 0 bridgehead atoms. The van der Waals surface area contributed by atoms with E-state index in [1.807, 2.05) is 0 Å². The Kier molecular flexibility index (Phi) is 4.86. The van der Waals surface area contributed by atoms with Gasteiger partial charge in [-0.15, -0.1) is 0 Å². The zero-order valence-electron chi connectivity index (χ0n) is 11.9. The van der Waals surface area contributed by atoms with Crippen molar-refractivity contribution in [2.24, 2.45) is 0 Å². The number of nitro groups is 1. The minimum absolute atomic E-state index is 0.103. The average molecular weight is 307 g/mol. The van der Waals surface area contributed by atoms with E-state index in [4.69, 9.17) is 0 Å². The lowest BCUT2D eigenvalue weighted by Gasteiger charge is -2.18. The predicted molar refractivity (Wildman–Crippen MR) is 80.7 cm³/mol. The first-order valence-corrected chi connectivity index (χ1v) is 6.76. The maximum absolute atomic E-state index is 12.1. The first-order chi connectivity index (χ1) is 10.5. The molecule has 0 fully saturated rings. The number of benzene rings is 1. The standard InChI is InChI=1S/C14H17N3O5/c1-15-5-4-12(18)13(19)8-2-3-10-9(6-8)14(20)11(7-16-10)17(21)22/h2-3,6-7,12-13,15,18-19H,4-5H2,1H3,(H,16,20). The second kappa shape index (κ2) is 6.65. The summed E-state index contributed by atoms with van der Waals surface area (Å²) in [5, 5.41) is 33.8. The van der Waals surface area contributed by atoms with E-state index in [1.54, 1.807) is 19.2 Å². The van der Waals surface area contributed by atoms with Gasteiger partial charge >= 0.3 is 5.69 Å². The van der Waals surface area contributed by atoms with Crippen LogP contribution in [0.1, 0.15) is 18.1 Å². The maximum atomic E-state index is 12.1. The molecule has 2 aromatic rings. The molecule has 0 saturated carbocycles. The van der Waals surface area contributed by atoms with Gasteiger partial charge in [0, 0.05) is 5.52 Å². The average Bonchev–Trinajstić information content (AvgIpc) is 2.51. The molecule has 1 aromatic carbocycles. The van der Waals surface area contributed by atoms with Crippen LogP contribution in [0, 0.1) is 10.1 Å². The molecule has 0 aliphatic heterocycles. The number of rotatable bonds is 6. The van der Waals surface area contributed by atoms with Gasteiger partial charge in [-0.25, -0.2) is 0 Å². The summed E-state index contributed by atoms with van der Waals surface area (Å²) in [6.07, 6.45) is -0.789. The van der Waals surface area contributed by atoms with E-state index in [0.29, 0.717) is 24.0 Å². The fourth-order valence-electron chi connectivity index (χ4n) is 2.22. The van der Waals surface area contributed by atoms with E-state index in [9.17, 15) is 25.1 Å². The van der Waals surface area contributed by atoms with Crippen LogP contribution in [0.25, 0.3) is 10.9 Å². The Morgan fingerprint density at radius 3 is 2.77 bits per heavy atom. The van der Waals surface area contributed by atoms with Gasteiger partial charge in [0.2, 0.25) is 0 Å². The van der Waals surface area contributed by atoms with E-state index in [0.717, 1.165) is 6.20 Å². The number of aliphatic hydroxyl groups excluding tert-OH is 2. The van der Waals surface area contributed by atoms with E-state index in [1.165, 1.54) is 6.07 Å². The van der Waals surface area contributed by atoms with Crippen molar-refractivity contribution in [2.75, 3.05) is 13.6 Å². The minimum atomic E-state index is -1.17. The maximum Gasteiger partial charge on any atom is 0.332 e. The van der Waals surface area contributed by atoms with Crippen LogP contribution in [-0.4, -0.2) is 39.8 Å². The van der Waals surface area contributed by atoms with Crippen LogP contribution in [0.4, 0.5) is 5.69 Å². The van der Waals surface area contributed by atoms with Crippen molar-refractivity contribution in [1.29, 1.82) is 0 Å². The van der Waals surface area contributed by atoms with Gasteiger partial charge in [-0.05, 0) is 37.7 Å². The number of H-pyrrole nitrogens is 1. The molecule has 118 valence electrons. The van der Waals surface area contributed by atoms with Gasteiger partial charge in [-0.3, -0.25) is 14.9 Å². The van der Waals surface area contributed by atoms with Crippen molar-refractivity contribution in [2.45, 2.75) is 18.6 Å². The van der Waals surface area contributed by atoms with Crippen LogP contribution in [0.15, 0.2) is 29.2 Å². The van der Waals surface area contributed by atoms with Gasteiger partial charge in [0.05, 0.1) is 22.6 Å². The molecule has 1 heterocycles. The van der Waals surface area contributed by atoms with E-state index >= 15 is 0 Å². The summed E-state index contributed by atoms with van der Waals surface area (Å²) >= 11 is 0. The van der Waals surface area contributed by atoms with Crippen LogP contribution < -0.4 is 10.7 Å². The molecular weight excluding hydrogens is 290 g/mol. The Morgan fingerprint density at radius 1 is 1.41 bits per heavy atom. The second-order valence-electron chi connectivity index (χ2n) is 4.97. The van der Waals surface area contributed by atoms with E-state index in [2.05, 4.69) is 10.3 Å². The number of hydrogen-bond donors (Lipinski definition) is 4. The molecule has 8 heteroatoms. The second-order valence-corrected chi connectivity index (χ2v) is 4.97. The lowest BCUT2D eigenvalue weighted by atomic mass is 10.00. The molecule has 0 radical (unpaired) electrons. The first kappa shape index (κ1) is 16.1. The number of aromatic nitrogens is 1. The van der Waals surface area contributed by atoms with Crippen LogP contribution in [-0.2, 0) is 0 Å². The van der Waals surface area contributed by atoms with Crippen molar-refractivity contribution >= 4 is 16.6 Å². The van der Waals surface area contributed by atoms with Crippen molar-refractivity contribution < 1.29 is 15.1 Å². The lowest BCUT2D eigenvalue weighted by Crippen LogP contribution is -2.23. The summed E-state index contributed by atoms with van der Waals surface area (Å²) in [5.41, 5.74) is -0.522. The van der Waals surface area contributed by atoms with E-state index < -0.39 is 28.2 Å². The smallest absolute Gasteiger partial charge is 0.332 e. The number of aromatic amines is 1. The lowest BCUT2D eigenvalue weighted by molar-refractivity contribution is -0.386. The summed E-state index contributed by atoms with van der Waals surface area (Å²) in [6.45, 7) is 0.526. The number of hydrogen-bond acceptors (Lipinski definition) is 6. The zero-order chi connectivity index (χ0) is 16.3. The fraction of sp³-hybridized carbons (Fsp3) is 0.357. The van der Waals surface area contributed by atoms with Gasteiger partial charge in [0.25, 0.3) is 5.43 Å². The summed E-state index contributed by atoms with van der Waals surface area (Å²) < 4.78 is 0. The minimum Gasteiger partial charge on any atom is -0.390 e. The number of aliphatic hydroxyl groups is 2. The van der Waals surface area contributed by atoms with Crippen LogP contribution in [0.5, 0.6) is 0 Å². The third-order valence-electron chi connectivity index (χ3n) is 3.48. The molecule has 2 unspecified atom stereocenters. The highest BCUT2D eigenvalue weighted by atomic mass is 16.6. The monoisotopic (exact) mass is 307 g/mol. The van der Waals surface area contributed by atoms with Gasteiger partial charge < -0.3 is 20.5 Å². The van der Waals surface area contributed by atoms with Crippen molar-refractivity contribution in [1.82, 2.24) is 10.3 Å². The highest BCUT2D eigenvalue weighted by Crippen LogP contribution is 2.22. The number of fused-ring (bicyclic) bond motifs is 1. The summed E-state index contributed by atoms with van der Waals surface area (Å²) in [7, 11) is 1.73. The molecule has 2 rings (SSSR count). The largest absolute Gasteiger partial charge is 0.390 e. The molecular formula is C14H17N3O5. The predicted octanol–water partition coefficient (Wildman–Crippen LogP) is 0.440. The van der Waals surface area contributed by atoms with Crippen molar-refractivity contribution in [3.05, 3.63) is 50.3 Å². The Hall–Kier alpha value is -2.29. The Balaban J connectivity index is 2.43. The van der Waals surface area contributed by atoms with Crippen molar-refractivity contribution in [3.63, 3.8) is 0 Å². The molecule has 0 saturated heterocycles. The molecule has 4 N–H and O–H groups in total. The van der Waals surface area contributed by atoms with E-state index in [-0.39, 0.29) is 5.39 Å². The van der Waals surface area contributed by atoms with Gasteiger partial charge in [-0.2, -0.15) is 0 Å². The Morgan fingerprint density at radius 2 is 2.14 bits per heavy atom. The summed E-state index contributed by atoms with van der Waals surface area (Å²) in [5.74, 6) is 0. The first-order valence-electron chi connectivity index (χ1n) is 6.76. The number of nitrogens with zero attached hydrogens (tertiary/aromatic N) is 1. The molecule has 0 aliphatic carbocycles. The molecule has 0 amide bonds. The van der Waals surface area contributed by atoms with Gasteiger partial charge in [0.15, 0.2) is 0 Å². The molecule has 22 heavy (non-hydrogen) atoms. The Bertz CT molecular complexity index is 743. The molecule has 1 aromatic heterocycles. The Labute approximate surface area is 125 Å². The van der Waals surface area contributed by atoms with Crippen molar-refractivity contribution in [3.8, 4) is 0 Å². The van der Waals surface area contributed by atoms with Crippen LogP contribution in [0.3, 0.4) is 0 Å². The molecule has 0 aliphatic rings. The summed E-state index contributed by atoms with van der Waals surface area (Å²) in [4.78, 5) is 24.8. The highest BCUT2D eigenvalue weighted by molar-refractivity contribution is 5.81. The topological polar surface area (TPSA) is 128 Å². The van der Waals surface area contributed by atoms with Crippen LogP contribution in [0.2, 0.25) is 0 Å². The fourth-order valence-corrected chi connectivity index (χ4v) is 2.22. The van der Waals surface area contributed by atoms with Gasteiger partial charge in [0.1, 0.15) is 6.10 Å². The molecule has 8 nitrogen and oxygen atoms in total. The third kappa shape index (κ3) is 3.14. The quantitative estimate of drug-likeness (QED) is 0.453. The third-order valence-corrected chi connectivity index (χ3v) is 3.48. The van der Waals surface area contributed by atoms with Crippen LogP contribution >= 0.6 is 0 Å². The summed E-state index contributed by atoms with van der Waals surface area (Å²) in [6, 6.07) is 4.48. The normalized spacial score (nSPS) is 14.0. The number of nitrogens with one attached hydrogen (secondary N) is 2. The SMILES string of the molecule is CNCCC(O)C(O)c1ccc2[nH]cc([N+](=O)[O-])c(=O)c2c1. The zero-order valence-corrected chi connectivity index (χ0v) is 11.9. The number of pyridine rings is 1. The highest BCUT2D eigenvalue weighted by Gasteiger charge is 2.20. The van der Waals surface area contributed by atoms with Gasteiger partial charge in [-0.1, -0.05) is 6.07 Å². The molecule has 0 spiro atoms.